The number of para-hydroxylation sites is 2. The van der Waals surface area contributed by atoms with Crippen molar-refractivity contribution in [3.05, 3.63) is 58.1 Å². The predicted octanol–water partition coefficient (Wildman–Crippen LogP) is 4.55. The molecule has 0 saturated carbocycles. The lowest BCUT2D eigenvalue weighted by molar-refractivity contribution is -0.120. The average molecular weight is 365 g/mol. The van der Waals surface area contributed by atoms with Gasteiger partial charge in [0.25, 0.3) is 0 Å². The second-order valence-electron chi connectivity index (χ2n) is 5.23. The molecule has 0 aliphatic heterocycles. The van der Waals surface area contributed by atoms with Crippen LogP contribution in [0.15, 0.2) is 42.5 Å². The summed E-state index contributed by atoms with van der Waals surface area (Å²) in [5, 5.41) is 3.47. The molecule has 0 aliphatic rings. The second-order valence-corrected chi connectivity index (χ2v) is 6.05. The quantitative estimate of drug-likeness (QED) is 0.845. The molecule has 0 aromatic heterocycles. The molecule has 0 unspecified atom stereocenters. The third-order valence-electron chi connectivity index (χ3n) is 3.56. The highest BCUT2D eigenvalue weighted by Crippen LogP contribution is 2.33. The molecule has 0 aliphatic carbocycles. The van der Waals surface area contributed by atoms with Crippen LogP contribution in [-0.2, 0) is 16.0 Å². The van der Waals surface area contributed by atoms with E-state index >= 15 is 0 Å². The molecule has 0 radical (unpaired) electrons. The molecule has 0 spiro atoms. The van der Waals surface area contributed by atoms with Gasteiger partial charge in [-0.1, -0.05) is 54.4 Å². The molecule has 6 heteroatoms. The number of carbonyl (C=O) groups is 2. The number of hydrogen-bond acceptors (Lipinski definition) is 2. The van der Waals surface area contributed by atoms with E-state index in [2.05, 4.69) is 5.32 Å². The summed E-state index contributed by atoms with van der Waals surface area (Å²) >= 11 is 12.3. The van der Waals surface area contributed by atoms with Crippen molar-refractivity contribution in [2.45, 2.75) is 20.3 Å². The number of nitrogens with zero attached hydrogens (tertiary/aromatic N) is 1. The largest absolute Gasteiger partial charge is 0.324 e. The monoisotopic (exact) mass is 364 g/mol. The van der Waals surface area contributed by atoms with E-state index in [9.17, 15) is 9.59 Å². The average Bonchev–Trinajstić information content (AvgIpc) is 2.54. The van der Waals surface area contributed by atoms with Crippen LogP contribution in [0.25, 0.3) is 0 Å². The maximum Gasteiger partial charge on any atom is 0.244 e. The topological polar surface area (TPSA) is 49.4 Å². The van der Waals surface area contributed by atoms with Gasteiger partial charge in [0.05, 0.1) is 15.7 Å². The Morgan fingerprint density at radius 1 is 1.04 bits per heavy atom. The van der Waals surface area contributed by atoms with Crippen LogP contribution in [0.4, 0.5) is 11.4 Å². The molecule has 2 aromatic carbocycles. The van der Waals surface area contributed by atoms with Gasteiger partial charge < -0.3 is 10.2 Å². The first-order valence-corrected chi connectivity index (χ1v) is 8.29. The lowest BCUT2D eigenvalue weighted by atomic mass is 10.1. The summed E-state index contributed by atoms with van der Waals surface area (Å²) in [5.41, 5.74) is 2.10. The molecule has 0 bridgehead atoms. The van der Waals surface area contributed by atoms with Crippen LogP contribution >= 0.6 is 23.2 Å². The molecule has 0 fully saturated rings. The van der Waals surface area contributed by atoms with Gasteiger partial charge in [0.1, 0.15) is 6.54 Å². The van der Waals surface area contributed by atoms with Crippen molar-refractivity contribution >= 4 is 46.4 Å². The third kappa shape index (κ3) is 4.28. The van der Waals surface area contributed by atoms with Crippen LogP contribution in [0.5, 0.6) is 0 Å². The van der Waals surface area contributed by atoms with Crippen LogP contribution in [0, 0.1) is 0 Å². The molecule has 2 rings (SSSR count). The third-order valence-corrected chi connectivity index (χ3v) is 4.17. The Kier molecular flexibility index (Phi) is 6.23. The highest BCUT2D eigenvalue weighted by Gasteiger charge is 2.21. The summed E-state index contributed by atoms with van der Waals surface area (Å²) < 4.78 is 0. The number of amides is 2. The number of halogens is 2. The Bertz CT molecular complexity index is 742. The number of carbonyl (C=O) groups excluding carboxylic acids is 2. The van der Waals surface area contributed by atoms with Gasteiger partial charge in [-0.3, -0.25) is 9.59 Å². The van der Waals surface area contributed by atoms with Gasteiger partial charge in [0, 0.05) is 12.6 Å². The Labute approximate surface area is 151 Å². The number of anilines is 2. The first kappa shape index (κ1) is 18.3. The zero-order valence-electron chi connectivity index (χ0n) is 13.5. The van der Waals surface area contributed by atoms with Gasteiger partial charge >= 0.3 is 0 Å². The lowest BCUT2D eigenvalue weighted by Gasteiger charge is -2.23. The molecular weight excluding hydrogens is 347 g/mol. The number of aryl methyl sites for hydroxylation is 1. The fraction of sp³-hybridized carbons (Fsp3) is 0.222. The van der Waals surface area contributed by atoms with Crippen LogP contribution < -0.4 is 10.2 Å². The van der Waals surface area contributed by atoms with Crippen molar-refractivity contribution in [1.82, 2.24) is 0 Å². The number of hydrogen-bond donors (Lipinski definition) is 1. The summed E-state index contributed by atoms with van der Waals surface area (Å²) in [7, 11) is 0. The molecule has 0 saturated heterocycles. The van der Waals surface area contributed by atoms with E-state index in [0.717, 1.165) is 17.7 Å². The maximum atomic E-state index is 12.4. The van der Waals surface area contributed by atoms with E-state index < -0.39 is 0 Å². The molecule has 0 heterocycles. The SMILES string of the molecule is CCc1ccccc1NC(=O)CN(C(C)=O)c1c(Cl)cccc1Cl. The van der Waals surface area contributed by atoms with E-state index in [4.69, 9.17) is 23.2 Å². The molecule has 1 N–H and O–H groups in total. The van der Waals surface area contributed by atoms with Crippen molar-refractivity contribution in [2.75, 3.05) is 16.8 Å². The van der Waals surface area contributed by atoms with Crippen molar-refractivity contribution in [2.24, 2.45) is 0 Å². The highest BCUT2D eigenvalue weighted by atomic mass is 35.5. The van der Waals surface area contributed by atoms with Crippen molar-refractivity contribution in [3.8, 4) is 0 Å². The predicted molar refractivity (Wildman–Crippen MR) is 98.9 cm³/mol. The second kappa shape index (κ2) is 8.18. The highest BCUT2D eigenvalue weighted by molar-refractivity contribution is 6.40. The molecule has 24 heavy (non-hydrogen) atoms. The van der Waals surface area contributed by atoms with E-state index in [0.29, 0.717) is 15.7 Å². The number of nitrogens with one attached hydrogen (secondary N) is 1. The minimum absolute atomic E-state index is 0.170. The van der Waals surface area contributed by atoms with Gasteiger partial charge in [0.15, 0.2) is 0 Å². The molecule has 4 nitrogen and oxygen atoms in total. The number of rotatable bonds is 5. The Morgan fingerprint density at radius 2 is 1.67 bits per heavy atom. The summed E-state index contributed by atoms with van der Waals surface area (Å²) in [6.07, 6.45) is 0.795. The van der Waals surface area contributed by atoms with Gasteiger partial charge in [-0.25, -0.2) is 0 Å². The summed E-state index contributed by atoms with van der Waals surface area (Å²) in [4.78, 5) is 25.7. The Balaban J connectivity index is 2.22. The molecular formula is C18H18Cl2N2O2. The fourth-order valence-electron chi connectivity index (χ4n) is 2.38. The number of benzene rings is 2. The van der Waals surface area contributed by atoms with Crippen LogP contribution in [-0.4, -0.2) is 18.4 Å². The minimum Gasteiger partial charge on any atom is -0.324 e. The lowest BCUT2D eigenvalue weighted by Crippen LogP contribution is -2.37. The van der Waals surface area contributed by atoms with E-state index in [1.807, 2.05) is 31.2 Å². The van der Waals surface area contributed by atoms with Gasteiger partial charge in [-0.15, -0.1) is 0 Å². The van der Waals surface area contributed by atoms with Gasteiger partial charge in [0.2, 0.25) is 11.8 Å². The van der Waals surface area contributed by atoms with Crippen molar-refractivity contribution < 1.29 is 9.59 Å². The zero-order chi connectivity index (χ0) is 17.7. The van der Waals surface area contributed by atoms with Gasteiger partial charge in [-0.2, -0.15) is 0 Å². The Morgan fingerprint density at radius 3 is 2.25 bits per heavy atom. The Hall–Kier alpha value is -2.04. The fourth-order valence-corrected chi connectivity index (χ4v) is 2.98. The standard InChI is InChI=1S/C18H18Cl2N2O2/c1-3-13-7-4-5-10-16(13)21-17(24)11-22(12(2)23)18-14(19)8-6-9-15(18)20/h4-10H,3,11H2,1-2H3,(H,21,24). The summed E-state index contributed by atoms with van der Waals surface area (Å²) in [6, 6.07) is 12.5. The maximum absolute atomic E-state index is 12.4. The smallest absolute Gasteiger partial charge is 0.244 e. The normalized spacial score (nSPS) is 10.3. The van der Waals surface area contributed by atoms with Crippen LogP contribution in [0.3, 0.4) is 0 Å². The van der Waals surface area contributed by atoms with E-state index in [1.165, 1.54) is 11.8 Å². The molecule has 0 atom stereocenters. The van der Waals surface area contributed by atoms with Crippen molar-refractivity contribution in [3.63, 3.8) is 0 Å². The first-order valence-electron chi connectivity index (χ1n) is 7.54. The first-order chi connectivity index (χ1) is 11.4. The molecule has 126 valence electrons. The molecule has 2 amide bonds. The van der Waals surface area contributed by atoms with E-state index in [-0.39, 0.29) is 18.4 Å². The van der Waals surface area contributed by atoms with Crippen molar-refractivity contribution in [1.29, 1.82) is 0 Å². The van der Waals surface area contributed by atoms with E-state index in [1.54, 1.807) is 18.2 Å². The van der Waals surface area contributed by atoms with Crippen LogP contribution in [0.1, 0.15) is 19.4 Å². The zero-order valence-corrected chi connectivity index (χ0v) is 15.0. The summed E-state index contributed by atoms with van der Waals surface area (Å²) in [6.45, 7) is 3.21. The molecule has 2 aromatic rings. The van der Waals surface area contributed by atoms with Gasteiger partial charge in [-0.05, 0) is 30.2 Å². The minimum atomic E-state index is -0.318. The summed E-state index contributed by atoms with van der Waals surface area (Å²) in [5.74, 6) is -0.633. The van der Waals surface area contributed by atoms with Crippen LogP contribution in [0.2, 0.25) is 10.0 Å².